The highest BCUT2D eigenvalue weighted by Gasteiger charge is 2.52. The highest BCUT2D eigenvalue weighted by atomic mass is 16.4. The van der Waals surface area contributed by atoms with E-state index in [0.717, 1.165) is 0 Å². The van der Waals surface area contributed by atoms with Crippen LogP contribution < -0.4 is 16.4 Å². The number of hydrogen-bond donors (Lipinski definition) is 4. The van der Waals surface area contributed by atoms with Crippen molar-refractivity contribution in [3.05, 3.63) is 0 Å². The molecule has 1 heterocycles. The molecule has 0 radical (unpaired) electrons. The highest BCUT2D eigenvalue weighted by Crippen LogP contribution is 2.46. The number of rotatable bonds is 3. The molecule has 2 aliphatic rings. The second kappa shape index (κ2) is 5.10. The third kappa shape index (κ3) is 2.33. The molecule has 1 saturated heterocycles. The number of amidine groups is 1. The predicted octanol–water partition coefficient (Wildman–Crippen LogP) is -0.929. The van der Waals surface area contributed by atoms with E-state index in [9.17, 15) is 14.4 Å². The van der Waals surface area contributed by atoms with Gasteiger partial charge in [0.2, 0.25) is 17.7 Å². The normalized spacial score (nSPS) is 34.1. The Kier molecular flexibility index (Phi) is 3.65. The molecule has 0 aromatic heterocycles. The van der Waals surface area contributed by atoms with E-state index >= 15 is 0 Å². The fraction of sp³-hybridized carbons (Fsp3) is 0.667. The van der Waals surface area contributed by atoms with E-state index in [4.69, 9.17) is 10.9 Å². The number of amides is 3. The number of nitrogens with zero attached hydrogens (tertiary/aromatic N) is 1. The minimum absolute atomic E-state index is 0.139. The minimum Gasteiger partial charge on any atom is -0.409 e. The maximum absolute atomic E-state index is 12.3. The second-order valence-corrected chi connectivity index (χ2v) is 5.56. The summed E-state index contributed by atoms with van der Waals surface area (Å²) in [6.07, 6.45) is 1.39. The molecule has 20 heavy (non-hydrogen) atoms. The van der Waals surface area contributed by atoms with Crippen molar-refractivity contribution in [3.63, 3.8) is 0 Å². The van der Waals surface area contributed by atoms with Gasteiger partial charge in [-0.1, -0.05) is 12.1 Å². The lowest BCUT2D eigenvalue weighted by molar-refractivity contribution is -0.141. The summed E-state index contributed by atoms with van der Waals surface area (Å²) in [6, 6.07) is -0.750. The monoisotopic (exact) mass is 282 g/mol. The van der Waals surface area contributed by atoms with Crippen molar-refractivity contribution < 1.29 is 19.6 Å². The van der Waals surface area contributed by atoms with Crippen LogP contribution in [0.3, 0.4) is 0 Å². The van der Waals surface area contributed by atoms with Crippen LogP contribution in [0.1, 0.15) is 32.6 Å². The molecule has 5 N–H and O–H groups in total. The Hall–Kier alpha value is -2.12. The van der Waals surface area contributed by atoms with Crippen LogP contribution in [0, 0.1) is 11.3 Å². The molecule has 0 spiro atoms. The number of carbonyl (C=O) groups excluding carboxylic acids is 3. The van der Waals surface area contributed by atoms with Crippen LogP contribution in [0.25, 0.3) is 0 Å². The first kappa shape index (κ1) is 14.3. The topological polar surface area (TPSA) is 134 Å². The molecule has 1 aliphatic carbocycles. The zero-order valence-electron chi connectivity index (χ0n) is 11.2. The van der Waals surface area contributed by atoms with Gasteiger partial charge < -0.3 is 16.3 Å². The maximum atomic E-state index is 12.3. The summed E-state index contributed by atoms with van der Waals surface area (Å²) in [5.74, 6) is -1.14. The summed E-state index contributed by atoms with van der Waals surface area (Å²) < 4.78 is 0. The number of oxime groups is 1. The molecule has 8 nitrogen and oxygen atoms in total. The van der Waals surface area contributed by atoms with E-state index in [1.807, 2.05) is 6.92 Å². The van der Waals surface area contributed by atoms with Gasteiger partial charge in [-0.3, -0.25) is 19.7 Å². The van der Waals surface area contributed by atoms with Crippen LogP contribution in [-0.2, 0) is 14.4 Å². The SMILES string of the molecule is CC1CC(C(=O)NC2CCC(=O)NC2=O)(C(N)=NO)C1. The fourth-order valence-electron chi connectivity index (χ4n) is 2.86. The second-order valence-electron chi connectivity index (χ2n) is 5.56. The van der Waals surface area contributed by atoms with Gasteiger partial charge in [0.1, 0.15) is 11.5 Å². The van der Waals surface area contributed by atoms with Gasteiger partial charge in [0.15, 0.2) is 5.84 Å². The van der Waals surface area contributed by atoms with Gasteiger partial charge in [-0.15, -0.1) is 0 Å². The third-order valence-corrected chi connectivity index (χ3v) is 3.97. The van der Waals surface area contributed by atoms with E-state index in [1.54, 1.807) is 0 Å². The molecule has 3 amide bonds. The highest BCUT2D eigenvalue weighted by molar-refractivity contribution is 6.09. The summed E-state index contributed by atoms with van der Waals surface area (Å²) in [6.45, 7) is 1.96. The fourth-order valence-corrected chi connectivity index (χ4v) is 2.86. The van der Waals surface area contributed by atoms with E-state index in [2.05, 4.69) is 15.8 Å². The molecule has 0 aromatic rings. The average Bonchev–Trinajstić information content (AvgIpc) is 2.37. The molecular formula is C12H18N4O4. The molecule has 1 aliphatic heterocycles. The number of hydrogen-bond acceptors (Lipinski definition) is 5. The molecule has 8 heteroatoms. The Bertz CT molecular complexity index is 482. The van der Waals surface area contributed by atoms with Crippen molar-refractivity contribution in [3.8, 4) is 0 Å². The van der Waals surface area contributed by atoms with Crippen LogP contribution in [0.2, 0.25) is 0 Å². The summed E-state index contributed by atoms with van der Waals surface area (Å²) in [4.78, 5) is 35.0. The van der Waals surface area contributed by atoms with Crippen LogP contribution in [0.4, 0.5) is 0 Å². The first-order valence-electron chi connectivity index (χ1n) is 6.51. The number of carbonyl (C=O) groups is 3. The summed E-state index contributed by atoms with van der Waals surface area (Å²) in [7, 11) is 0. The Morgan fingerprint density at radius 2 is 2.15 bits per heavy atom. The van der Waals surface area contributed by atoms with Crippen LogP contribution in [-0.4, -0.2) is 34.8 Å². The average molecular weight is 282 g/mol. The van der Waals surface area contributed by atoms with Gasteiger partial charge in [-0.25, -0.2) is 0 Å². The number of piperidine rings is 1. The molecule has 1 saturated carbocycles. The van der Waals surface area contributed by atoms with Crippen molar-refractivity contribution >= 4 is 23.6 Å². The lowest BCUT2D eigenvalue weighted by atomic mass is 9.61. The Labute approximate surface area is 115 Å². The molecule has 1 atom stereocenters. The Morgan fingerprint density at radius 3 is 2.65 bits per heavy atom. The van der Waals surface area contributed by atoms with Gasteiger partial charge in [0.25, 0.3) is 0 Å². The standard InChI is InChI=1S/C12H18N4O4/c1-6-4-12(5-6,10(13)16-20)11(19)14-7-2-3-8(17)15-9(7)18/h6-7,20H,2-5H2,1H3,(H2,13,16)(H,14,19)(H,15,17,18). The largest absolute Gasteiger partial charge is 0.409 e. The molecule has 2 fully saturated rings. The molecular weight excluding hydrogens is 264 g/mol. The number of imide groups is 1. The van der Waals surface area contributed by atoms with E-state index in [1.165, 1.54) is 0 Å². The van der Waals surface area contributed by atoms with E-state index < -0.39 is 23.3 Å². The van der Waals surface area contributed by atoms with E-state index in [-0.39, 0.29) is 24.6 Å². The van der Waals surface area contributed by atoms with Gasteiger partial charge >= 0.3 is 0 Å². The van der Waals surface area contributed by atoms with Crippen LogP contribution >= 0.6 is 0 Å². The van der Waals surface area contributed by atoms with Crippen molar-refractivity contribution in [1.29, 1.82) is 0 Å². The van der Waals surface area contributed by atoms with Gasteiger partial charge in [0, 0.05) is 6.42 Å². The van der Waals surface area contributed by atoms with Crippen molar-refractivity contribution in [2.45, 2.75) is 38.6 Å². The zero-order chi connectivity index (χ0) is 14.9. The van der Waals surface area contributed by atoms with Crippen molar-refractivity contribution in [2.24, 2.45) is 22.2 Å². The first-order valence-corrected chi connectivity index (χ1v) is 6.51. The third-order valence-electron chi connectivity index (χ3n) is 3.97. The molecule has 1 unspecified atom stereocenters. The van der Waals surface area contributed by atoms with Crippen molar-refractivity contribution in [1.82, 2.24) is 10.6 Å². The maximum Gasteiger partial charge on any atom is 0.249 e. The van der Waals surface area contributed by atoms with Crippen LogP contribution in [0.5, 0.6) is 0 Å². The van der Waals surface area contributed by atoms with Gasteiger partial charge in [-0.2, -0.15) is 0 Å². The minimum atomic E-state index is -1.05. The lowest BCUT2D eigenvalue weighted by Gasteiger charge is -2.44. The summed E-state index contributed by atoms with van der Waals surface area (Å²) in [5.41, 5.74) is 4.58. The molecule has 110 valence electrons. The van der Waals surface area contributed by atoms with Crippen molar-refractivity contribution in [2.75, 3.05) is 0 Å². The smallest absolute Gasteiger partial charge is 0.249 e. The Morgan fingerprint density at radius 1 is 1.50 bits per heavy atom. The van der Waals surface area contributed by atoms with Gasteiger partial charge in [-0.05, 0) is 25.2 Å². The quantitative estimate of drug-likeness (QED) is 0.174. The predicted molar refractivity (Wildman–Crippen MR) is 68.6 cm³/mol. The molecule has 2 rings (SSSR count). The number of nitrogens with one attached hydrogen (secondary N) is 2. The zero-order valence-corrected chi connectivity index (χ0v) is 11.2. The number of nitrogens with two attached hydrogens (primary N) is 1. The van der Waals surface area contributed by atoms with Crippen LogP contribution in [0.15, 0.2) is 5.16 Å². The van der Waals surface area contributed by atoms with Gasteiger partial charge in [0.05, 0.1) is 0 Å². The molecule has 0 bridgehead atoms. The summed E-state index contributed by atoms with van der Waals surface area (Å²) >= 11 is 0. The first-order chi connectivity index (χ1) is 9.39. The van der Waals surface area contributed by atoms with E-state index in [0.29, 0.717) is 18.8 Å². The summed E-state index contributed by atoms with van der Waals surface area (Å²) in [5, 5.41) is 16.5. The lowest BCUT2D eigenvalue weighted by Crippen LogP contribution is -2.61. The Balaban J connectivity index is 2.07. The molecule has 0 aromatic carbocycles.